The van der Waals surface area contributed by atoms with E-state index in [2.05, 4.69) is 4.89 Å². The molecule has 0 aliphatic heterocycles. The molecule has 0 spiro atoms. The summed E-state index contributed by atoms with van der Waals surface area (Å²) in [6, 6.07) is 0. The third kappa shape index (κ3) is 15.0. The number of carbonyl (C=O) groups excluding carboxylic acids is 2. The van der Waals surface area contributed by atoms with Crippen molar-refractivity contribution in [1.82, 2.24) is 0 Å². The minimum Gasteiger partial charge on any atom is -0.463 e. The van der Waals surface area contributed by atoms with E-state index >= 15 is 0 Å². The molecule has 0 amide bonds. The molecule has 0 aliphatic carbocycles. The average molecular weight is 306 g/mol. The maximum atomic E-state index is 11.3. The molecule has 0 aliphatic rings. The second kappa shape index (κ2) is 11.5. The van der Waals surface area contributed by atoms with E-state index in [1.54, 1.807) is 20.8 Å². The smallest absolute Gasteiger partial charge is 0.342 e. The Bertz CT molecular complexity index is 296. The van der Waals surface area contributed by atoms with Crippen LogP contribution in [-0.4, -0.2) is 50.6 Å². The Kier molecular flexibility index (Phi) is 10.8. The lowest BCUT2D eigenvalue weighted by Gasteiger charge is -2.16. The molecule has 0 bridgehead atoms. The second-order valence-electron chi connectivity index (χ2n) is 5.18. The number of esters is 1. The third-order valence-corrected chi connectivity index (χ3v) is 1.98. The van der Waals surface area contributed by atoms with Crippen molar-refractivity contribution in [2.24, 2.45) is 0 Å². The molecule has 0 heterocycles. The van der Waals surface area contributed by atoms with Crippen LogP contribution in [0.4, 0.5) is 0 Å². The van der Waals surface area contributed by atoms with Gasteiger partial charge in [-0.3, -0.25) is 9.68 Å². The number of hydrogen-bond acceptors (Lipinski definition) is 7. The molecule has 0 unspecified atom stereocenters. The maximum Gasteiger partial charge on any atom is 0.342 e. The molecule has 0 rings (SSSR count). The molecule has 7 nitrogen and oxygen atoms in total. The van der Waals surface area contributed by atoms with Crippen LogP contribution in [-0.2, 0) is 33.6 Å². The van der Waals surface area contributed by atoms with E-state index in [0.29, 0.717) is 26.4 Å². The van der Waals surface area contributed by atoms with Crippen LogP contribution < -0.4 is 0 Å². The van der Waals surface area contributed by atoms with E-state index in [0.717, 1.165) is 0 Å². The molecule has 0 saturated heterocycles. The van der Waals surface area contributed by atoms with Crippen LogP contribution in [0.15, 0.2) is 0 Å². The van der Waals surface area contributed by atoms with Crippen molar-refractivity contribution in [3.63, 3.8) is 0 Å². The van der Waals surface area contributed by atoms with Crippen molar-refractivity contribution in [2.75, 3.05) is 33.0 Å². The highest BCUT2D eigenvalue weighted by Gasteiger charge is 2.16. The summed E-state index contributed by atoms with van der Waals surface area (Å²) in [5, 5.41) is 0. The predicted molar refractivity (Wildman–Crippen MR) is 74.4 cm³/mol. The Labute approximate surface area is 125 Å². The maximum absolute atomic E-state index is 11.3. The lowest BCUT2D eigenvalue weighted by molar-refractivity contribution is -0.320. The van der Waals surface area contributed by atoms with Gasteiger partial charge in [0.2, 0.25) is 0 Å². The summed E-state index contributed by atoms with van der Waals surface area (Å²) in [6.07, 6.45) is -0.134. The highest BCUT2D eigenvalue weighted by Crippen LogP contribution is 2.08. The summed E-state index contributed by atoms with van der Waals surface area (Å²) in [5.41, 5.74) is -0.574. The first-order chi connectivity index (χ1) is 9.85. The molecule has 0 aromatic carbocycles. The highest BCUT2D eigenvalue weighted by molar-refractivity contribution is 5.77. The van der Waals surface area contributed by atoms with Crippen LogP contribution in [0.5, 0.6) is 0 Å². The van der Waals surface area contributed by atoms with Crippen molar-refractivity contribution < 1.29 is 33.6 Å². The predicted octanol–water partition coefficient (Wildman–Crippen LogP) is 1.64. The van der Waals surface area contributed by atoms with Crippen LogP contribution in [0, 0.1) is 0 Å². The van der Waals surface area contributed by atoms with Gasteiger partial charge in [-0.2, -0.15) is 4.89 Å². The molecule has 21 heavy (non-hydrogen) atoms. The molecule has 7 heteroatoms. The zero-order valence-corrected chi connectivity index (χ0v) is 13.3. The van der Waals surface area contributed by atoms with Gasteiger partial charge in [0.25, 0.3) is 0 Å². The van der Waals surface area contributed by atoms with Crippen molar-refractivity contribution in [2.45, 2.75) is 46.1 Å². The SMILES string of the molecule is CCOCCOCCOC(=O)CCC(=O)OOC(C)(C)C. The van der Waals surface area contributed by atoms with Crippen molar-refractivity contribution in [3.05, 3.63) is 0 Å². The third-order valence-electron chi connectivity index (χ3n) is 1.98. The Hall–Kier alpha value is -1.18. The van der Waals surface area contributed by atoms with E-state index in [1.165, 1.54) is 0 Å². The second-order valence-corrected chi connectivity index (χ2v) is 5.18. The first-order valence-electron chi connectivity index (χ1n) is 7.04. The Balaban J connectivity index is 3.47. The summed E-state index contributed by atoms with van der Waals surface area (Å²) >= 11 is 0. The van der Waals surface area contributed by atoms with Gasteiger partial charge in [0.05, 0.1) is 32.7 Å². The Morgan fingerprint density at radius 1 is 0.857 bits per heavy atom. The van der Waals surface area contributed by atoms with Gasteiger partial charge in [0.15, 0.2) is 0 Å². The lowest BCUT2D eigenvalue weighted by atomic mass is 10.2. The van der Waals surface area contributed by atoms with Gasteiger partial charge in [-0.05, 0) is 27.7 Å². The minimum absolute atomic E-state index is 0.0503. The fourth-order valence-corrected chi connectivity index (χ4v) is 1.07. The van der Waals surface area contributed by atoms with Crippen molar-refractivity contribution in [3.8, 4) is 0 Å². The monoisotopic (exact) mass is 306 g/mol. The summed E-state index contributed by atoms with van der Waals surface area (Å²) in [5.74, 6) is -1.08. The van der Waals surface area contributed by atoms with Gasteiger partial charge >= 0.3 is 11.9 Å². The van der Waals surface area contributed by atoms with Gasteiger partial charge in [-0.25, -0.2) is 4.79 Å². The molecular formula is C14H26O7. The highest BCUT2D eigenvalue weighted by atomic mass is 17.2. The number of ether oxygens (including phenoxy) is 3. The summed E-state index contributed by atoms with van der Waals surface area (Å²) in [4.78, 5) is 32.0. The summed E-state index contributed by atoms with van der Waals surface area (Å²) in [7, 11) is 0. The number of rotatable bonds is 11. The summed E-state index contributed by atoms with van der Waals surface area (Å²) < 4.78 is 15.1. The van der Waals surface area contributed by atoms with Gasteiger partial charge in [-0.1, -0.05) is 0 Å². The lowest BCUT2D eigenvalue weighted by Crippen LogP contribution is -2.22. The molecule has 0 saturated carbocycles. The summed E-state index contributed by atoms with van der Waals surface area (Å²) in [6.45, 7) is 9.23. The van der Waals surface area contributed by atoms with Gasteiger partial charge in [0, 0.05) is 6.61 Å². The first-order valence-corrected chi connectivity index (χ1v) is 7.04. The Morgan fingerprint density at radius 2 is 1.43 bits per heavy atom. The van der Waals surface area contributed by atoms with Gasteiger partial charge < -0.3 is 14.2 Å². The normalized spacial score (nSPS) is 11.2. The average Bonchev–Trinajstić information content (AvgIpc) is 2.41. The quantitative estimate of drug-likeness (QED) is 0.248. The van der Waals surface area contributed by atoms with Crippen molar-refractivity contribution in [1.29, 1.82) is 0 Å². The zero-order valence-electron chi connectivity index (χ0n) is 13.3. The molecule has 0 atom stereocenters. The minimum atomic E-state index is -0.602. The van der Waals surface area contributed by atoms with E-state index in [1.807, 2.05) is 6.92 Å². The van der Waals surface area contributed by atoms with E-state index in [9.17, 15) is 9.59 Å². The number of hydrogen-bond donors (Lipinski definition) is 0. The topological polar surface area (TPSA) is 80.3 Å². The largest absolute Gasteiger partial charge is 0.463 e. The Morgan fingerprint density at radius 3 is 2.05 bits per heavy atom. The molecule has 0 N–H and O–H groups in total. The van der Waals surface area contributed by atoms with E-state index in [-0.39, 0.29) is 19.4 Å². The molecule has 124 valence electrons. The van der Waals surface area contributed by atoms with Crippen molar-refractivity contribution >= 4 is 11.9 Å². The zero-order chi connectivity index (χ0) is 16.1. The molecular weight excluding hydrogens is 280 g/mol. The standard InChI is InChI=1S/C14H26O7/c1-5-17-8-9-18-10-11-19-12(15)6-7-13(16)20-21-14(2,3)4/h5-11H2,1-4H3. The van der Waals surface area contributed by atoms with Gasteiger partial charge in [0.1, 0.15) is 12.2 Å². The first kappa shape index (κ1) is 19.8. The van der Waals surface area contributed by atoms with Gasteiger partial charge in [-0.15, -0.1) is 0 Å². The van der Waals surface area contributed by atoms with Crippen LogP contribution in [0.1, 0.15) is 40.5 Å². The van der Waals surface area contributed by atoms with E-state index < -0.39 is 17.5 Å². The fraction of sp³-hybridized carbons (Fsp3) is 0.857. The van der Waals surface area contributed by atoms with Crippen LogP contribution in [0.3, 0.4) is 0 Å². The van der Waals surface area contributed by atoms with E-state index in [4.69, 9.17) is 19.1 Å². The molecule has 0 aromatic rings. The van der Waals surface area contributed by atoms with Crippen LogP contribution in [0.25, 0.3) is 0 Å². The van der Waals surface area contributed by atoms with Crippen LogP contribution >= 0.6 is 0 Å². The fourth-order valence-electron chi connectivity index (χ4n) is 1.07. The van der Waals surface area contributed by atoms with Crippen LogP contribution in [0.2, 0.25) is 0 Å². The number of carbonyl (C=O) groups is 2. The molecule has 0 aromatic heterocycles. The molecule has 0 radical (unpaired) electrons. The molecule has 0 fully saturated rings.